The highest BCUT2D eigenvalue weighted by Gasteiger charge is 2.82. The molecule has 0 bridgehead atoms. The molecule has 1 unspecified atom stereocenters. The van der Waals surface area contributed by atoms with Gasteiger partial charge in [0.1, 0.15) is 29.1 Å². The molecule has 8 nitrogen and oxygen atoms in total. The zero-order valence-electron chi connectivity index (χ0n) is 20.1. The van der Waals surface area contributed by atoms with Crippen LogP contribution in [0.25, 0.3) is 0 Å². The van der Waals surface area contributed by atoms with Gasteiger partial charge in [-0.25, -0.2) is 0 Å². The lowest BCUT2D eigenvalue weighted by molar-refractivity contribution is -0.187. The molecule has 3 aliphatic rings. The van der Waals surface area contributed by atoms with Crippen LogP contribution in [0.1, 0.15) is 30.5 Å². The first-order valence-corrected chi connectivity index (χ1v) is 11.5. The molecule has 184 valence electrons. The molecule has 0 radical (unpaired) electrons. The van der Waals surface area contributed by atoms with Crippen LogP contribution in [0.2, 0.25) is 0 Å². The number of carbonyl (C=O) groups excluding carboxylic acids is 1. The third kappa shape index (κ3) is 2.93. The number of aliphatic hydroxyl groups is 2. The fourth-order valence-electron chi connectivity index (χ4n) is 6.24. The Morgan fingerprint density at radius 2 is 1.91 bits per heavy atom. The van der Waals surface area contributed by atoms with Gasteiger partial charge < -0.3 is 29.2 Å². The van der Waals surface area contributed by atoms with E-state index in [0.29, 0.717) is 23.7 Å². The van der Waals surface area contributed by atoms with Crippen LogP contribution in [0, 0.1) is 11.3 Å². The number of aromatic nitrogens is 1. The fraction of sp³-hybridized carbons (Fsp3) is 0.407. The molecule has 1 saturated carbocycles. The van der Waals surface area contributed by atoms with Crippen LogP contribution in [0.5, 0.6) is 11.5 Å². The first-order valence-electron chi connectivity index (χ1n) is 11.5. The molecular formula is C27H29NO7. The molecule has 1 aromatic heterocycles. The first-order chi connectivity index (χ1) is 16.8. The van der Waals surface area contributed by atoms with E-state index in [2.05, 4.69) is 4.98 Å². The molecule has 1 aromatic carbocycles. The highest BCUT2D eigenvalue weighted by Crippen LogP contribution is 2.70. The highest BCUT2D eigenvalue weighted by atomic mass is 16.5. The molecule has 2 aliphatic carbocycles. The Bertz CT molecular complexity index is 1210. The lowest BCUT2D eigenvalue weighted by Gasteiger charge is -2.51. The standard InChI is InChI=1S/C27H29NO7/c1-25(12-10-17(32-2)11-13-25)27-21(16-8-6-5-7-9-16)20(24(30)34-4)23(29)26(27,31)22-19(35-27)14-18(33-3)15-28-22/h5-12,14-15,20-21,23,29,31H,13H2,1-4H3/t20-,21-,23-,25?,26+,27-/m1/s1. The van der Waals surface area contributed by atoms with Crippen molar-refractivity contribution >= 4 is 5.97 Å². The minimum absolute atomic E-state index is 0.161. The first kappa shape index (κ1) is 23.4. The number of rotatable bonds is 5. The number of pyridine rings is 1. The van der Waals surface area contributed by atoms with E-state index >= 15 is 0 Å². The van der Waals surface area contributed by atoms with E-state index < -0.39 is 40.5 Å². The number of fused-ring (bicyclic) bond motifs is 3. The van der Waals surface area contributed by atoms with Crippen LogP contribution < -0.4 is 9.47 Å². The third-order valence-electron chi connectivity index (χ3n) is 7.89. The summed E-state index contributed by atoms with van der Waals surface area (Å²) < 4.78 is 22.6. The SMILES string of the molecule is COC(=O)[C@@H]1[C@@H](c2ccccc2)[C@]2(C3(C)C=CC(OC)=CC3)Oc3cc(OC)cnc3[C@]2(O)[C@@H]1O. The van der Waals surface area contributed by atoms with Crippen molar-refractivity contribution in [2.75, 3.05) is 21.3 Å². The molecule has 1 aliphatic heterocycles. The zero-order chi connectivity index (χ0) is 25.0. The molecule has 6 atom stereocenters. The van der Waals surface area contributed by atoms with Gasteiger partial charge in [0.2, 0.25) is 0 Å². The topological polar surface area (TPSA) is 107 Å². The predicted octanol–water partition coefficient (Wildman–Crippen LogP) is 2.85. The number of hydrogen-bond donors (Lipinski definition) is 2. The quantitative estimate of drug-likeness (QED) is 0.631. The van der Waals surface area contributed by atoms with E-state index in [0.717, 1.165) is 5.56 Å². The van der Waals surface area contributed by atoms with Crippen LogP contribution in [-0.2, 0) is 19.9 Å². The summed E-state index contributed by atoms with van der Waals surface area (Å²) >= 11 is 0. The van der Waals surface area contributed by atoms with Gasteiger partial charge in [-0.05, 0) is 24.1 Å². The van der Waals surface area contributed by atoms with Gasteiger partial charge >= 0.3 is 5.97 Å². The Morgan fingerprint density at radius 3 is 2.51 bits per heavy atom. The van der Waals surface area contributed by atoms with Crippen LogP contribution >= 0.6 is 0 Å². The van der Waals surface area contributed by atoms with E-state index in [1.807, 2.05) is 55.5 Å². The summed E-state index contributed by atoms with van der Waals surface area (Å²) in [5, 5.41) is 24.3. The second-order valence-electron chi connectivity index (χ2n) is 9.47. The van der Waals surface area contributed by atoms with Crippen LogP contribution in [0.15, 0.2) is 66.6 Å². The number of hydrogen-bond acceptors (Lipinski definition) is 8. The molecular weight excluding hydrogens is 450 g/mol. The van der Waals surface area contributed by atoms with Gasteiger partial charge in [-0.3, -0.25) is 9.78 Å². The summed E-state index contributed by atoms with van der Waals surface area (Å²) in [7, 11) is 4.38. The smallest absolute Gasteiger partial charge is 0.312 e. The largest absolute Gasteiger partial charge is 0.497 e. The van der Waals surface area contributed by atoms with Gasteiger partial charge in [-0.2, -0.15) is 0 Å². The Balaban J connectivity index is 1.83. The normalized spacial score (nSPS) is 34.9. The number of carbonyl (C=O) groups is 1. The van der Waals surface area contributed by atoms with Crippen molar-refractivity contribution in [2.24, 2.45) is 11.3 Å². The minimum atomic E-state index is -2.04. The molecule has 2 aromatic rings. The lowest BCUT2D eigenvalue weighted by atomic mass is 9.58. The maximum atomic E-state index is 13.2. The molecule has 8 heteroatoms. The summed E-state index contributed by atoms with van der Waals surface area (Å²) in [6, 6.07) is 11.0. The average molecular weight is 480 g/mol. The van der Waals surface area contributed by atoms with Crippen molar-refractivity contribution in [1.82, 2.24) is 4.98 Å². The van der Waals surface area contributed by atoms with Gasteiger partial charge in [-0.15, -0.1) is 0 Å². The predicted molar refractivity (Wildman–Crippen MR) is 126 cm³/mol. The maximum Gasteiger partial charge on any atom is 0.312 e. The number of esters is 1. The Kier molecular flexibility index (Phi) is 5.41. The summed E-state index contributed by atoms with van der Waals surface area (Å²) in [5.74, 6) is -1.10. The van der Waals surface area contributed by atoms with Gasteiger partial charge in [0.25, 0.3) is 0 Å². The summed E-state index contributed by atoms with van der Waals surface area (Å²) in [5.41, 5.74) is -3.55. The van der Waals surface area contributed by atoms with Crippen molar-refractivity contribution < 1.29 is 34.0 Å². The maximum absolute atomic E-state index is 13.2. The van der Waals surface area contributed by atoms with Crippen LogP contribution in [-0.4, -0.2) is 54.2 Å². The Morgan fingerprint density at radius 1 is 1.17 bits per heavy atom. The van der Waals surface area contributed by atoms with Crippen molar-refractivity contribution in [3.8, 4) is 11.5 Å². The van der Waals surface area contributed by atoms with Crippen molar-refractivity contribution in [1.29, 1.82) is 0 Å². The number of ether oxygens (including phenoxy) is 4. The zero-order valence-corrected chi connectivity index (χ0v) is 20.1. The van der Waals surface area contributed by atoms with E-state index in [-0.39, 0.29) is 5.69 Å². The van der Waals surface area contributed by atoms with Gasteiger partial charge in [0.15, 0.2) is 11.2 Å². The molecule has 35 heavy (non-hydrogen) atoms. The van der Waals surface area contributed by atoms with Crippen molar-refractivity contribution in [2.45, 2.75) is 36.6 Å². The van der Waals surface area contributed by atoms with Gasteiger partial charge in [0.05, 0.1) is 33.4 Å². The highest BCUT2D eigenvalue weighted by molar-refractivity contribution is 5.77. The average Bonchev–Trinajstić information content (AvgIpc) is 3.27. The summed E-state index contributed by atoms with van der Waals surface area (Å²) in [4.78, 5) is 17.7. The molecule has 1 fully saturated rings. The number of methoxy groups -OCH3 is 3. The minimum Gasteiger partial charge on any atom is -0.497 e. The lowest BCUT2D eigenvalue weighted by Crippen LogP contribution is -2.63. The summed E-state index contributed by atoms with van der Waals surface area (Å²) in [6.45, 7) is 1.95. The molecule has 0 amide bonds. The molecule has 0 saturated heterocycles. The van der Waals surface area contributed by atoms with Gasteiger partial charge in [-0.1, -0.05) is 43.3 Å². The van der Waals surface area contributed by atoms with E-state index in [9.17, 15) is 15.0 Å². The van der Waals surface area contributed by atoms with Gasteiger partial charge in [0, 0.05) is 17.4 Å². The number of aliphatic hydroxyl groups excluding tert-OH is 1. The fourth-order valence-corrected chi connectivity index (χ4v) is 6.24. The Labute approximate surface area is 203 Å². The number of allylic oxidation sites excluding steroid dienone is 2. The number of benzene rings is 1. The molecule has 5 rings (SSSR count). The van der Waals surface area contributed by atoms with E-state index in [1.54, 1.807) is 13.2 Å². The second kappa shape index (κ2) is 8.10. The third-order valence-corrected chi connectivity index (χ3v) is 7.89. The van der Waals surface area contributed by atoms with E-state index in [1.165, 1.54) is 20.4 Å². The van der Waals surface area contributed by atoms with E-state index in [4.69, 9.17) is 18.9 Å². The van der Waals surface area contributed by atoms with Crippen molar-refractivity contribution in [3.63, 3.8) is 0 Å². The molecule has 2 N–H and O–H groups in total. The Hall–Kier alpha value is -3.36. The van der Waals surface area contributed by atoms with Crippen LogP contribution in [0.4, 0.5) is 0 Å². The monoisotopic (exact) mass is 479 g/mol. The number of nitrogens with zero attached hydrogens (tertiary/aromatic N) is 1. The molecule has 2 heterocycles. The molecule has 0 spiro atoms. The summed E-state index contributed by atoms with van der Waals surface area (Å²) in [6.07, 6.45) is 5.98. The van der Waals surface area contributed by atoms with Crippen LogP contribution in [0.3, 0.4) is 0 Å². The van der Waals surface area contributed by atoms with Crippen molar-refractivity contribution in [3.05, 3.63) is 77.8 Å². The second-order valence-corrected chi connectivity index (χ2v) is 9.47.